The zero-order valence-corrected chi connectivity index (χ0v) is 19.6. The van der Waals surface area contributed by atoms with Gasteiger partial charge in [-0.1, -0.05) is 44.2 Å². The van der Waals surface area contributed by atoms with Crippen LogP contribution < -0.4 is 5.32 Å². The van der Waals surface area contributed by atoms with E-state index in [-0.39, 0.29) is 29.6 Å². The van der Waals surface area contributed by atoms with Crippen LogP contribution in [-0.4, -0.2) is 44.3 Å². The zero-order valence-electron chi connectivity index (χ0n) is 18.7. The van der Waals surface area contributed by atoms with Gasteiger partial charge in [-0.15, -0.1) is 0 Å². The molecule has 0 aliphatic carbocycles. The van der Waals surface area contributed by atoms with E-state index in [0.717, 1.165) is 12.8 Å². The Balaban J connectivity index is 1.67. The Hall–Kier alpha value is -2.71. The Morgan fingerprint density at radius 1 is 0.906 bits per heavy atom. The molecule has 2 aromatic carbocycles. The second kappa shape index (κ2) is 13.0. The smallest absolute Gasteiger partial charge is 0.305 e. The molecule has 0 atom stereocenters. The van der Waals surface area contributed by atoms with E-state index in [1.165, 1.54) is 22.0 Å². The highest BCUT2D eigenvalue weighted by Crippen LogP contribution is 2.18. The average Bonchev–Trinajstić information content (AvgIpc) is 2.78. The quantitative estimate of drug-likeness (QED) is 0.360. The number of anilines is 1. The lowest BCUT2D eigenvalue weighted by molar-refractivity contribution is -0.143. The lowest BCUT2D eigenvalue weighted by Crippen LogP contribution is -2.30. The summed E-state index contributed by atoms with van der Waals surface area (Å²) >= 11 is 0. The fourth-order valence-corrected chi connectivity index (χ4v) is 4.68. The number of ether oxygens (including phenoxy) is 1. The highest BCUT2D eigenvalue weighted by molar-refractivity contribution is 7.89. The molecule has 0 heterocycles. The van der Waals surface area contributed by atoms with Crippen molar-refractivity contribution in [3.63, 3.8) is 0 Å². The number of sulfonamides is 1. The van der Waals surface area contributed by atoms with Crippen LogP contribution in [-0.2, 0) is 30.8 Å². The highest BCUT2D eigenvalue weighted by Gasteiger charge is 2.21. The van der Waals surface area contributed by atoms with Crippen molar-refractivity contribution < 1.29 is 22.7 Å². The van der Waals surface area contributed by atoms with E-state index in [0.29, 0.717) is 31.8 Å². The summed E-state index contributed by atoms with van der Waals surface area (Å²) in [6.45, 7) is 4.73. The van der Waals surface area contributed by atoms with Crippen molar-refractivity contribution >= 4 is 27.6 Å². The van der Waals surface area contributed by atoms with E-state index in [1.807, 2.05) is 30.3 Å². The van der Waals surface area contributed by atoms with E-state index < -0.39 is 10.0 Å². The van der Waals surface area contributed by atoms with Gasteiger partial charge in [0.2, 0.25) is 15.9 Å². The van der Waals surface area contributed by atoms with E-state index in [9.17, 15) is 18.0 Å². The molecule has 0 bridgehead atoms. The maximum absolute atomic E-state index is 12.5. The largest absolute Gasteiger partial charge is 0.466 e. The molecule has 0 fully saturated rings. The number of hydrogen-bond donors (Lipinski definition) is 1. The molecule has 0 aliphatic heterocycles. The number of nitrogens with zero attached hydrogens (tertiary/aromatic N) is 1. The minimum atomic E-state index is -3.53. The van der Waals surface area contributed by atoms with Crippen molar-refractivity contribution in [3.8, 4) is 0 Å². The van der Waals surface area contributed by atoms with Gasteiger partial charge in [0.1, 0.15) is 0 Å². The Labute approximate surface area is 190 Å². The summed E-state index contributed by atoms with van der Waals surface area (Å²) in [4.78, 5) is 24.1. The lowest BCUT2D eigenvalue weighted by atomic mass is 10.1. The summed E-state index contributed by atoms with van der Waals surface area (Å²) in [6, 6.07) is 16.1. The molecule has 0 spiro atoms. The number of aryl methyl sites for hydroxylation is 1. The van der Waals surface area contributed by atoms with Gasteiger partial charge >= 0.3 is 5.97 Å². The average molecular weight is 461 g/mol. The summed E-state index contributed by atoms with van der Waals surface area (Å²) in [5, 5.41) is 2.72. The topological polar surface area (TPSA) is 92.8 Å². The summed E-state index contributed by atoms with van der Waals surface area (Å²) < 4.78 is 31.6. The standard InChI is InChI=1S/C24H32N2O5S/c1-3-26(4-2)32(29,30)22-17-15-21(16-18-22)25-23(27)13-8-14-24(28)31-19-9-12-20-10-6-5-7-11-20/h5-7,10-11,15-18H,3-4,8-9,12-14,19H2,1-2H3,(H,25,27). The first-order valence-electron chi connectivity index (χ1n) is 11.0. The molecule has 174 valence electrons. The van der Waals surface area contributed by atoms with Crippen molar-refractivity contribution in [1.29, 1.82) is 0 Å². The number of rotatable bonds is 13. The molecule has 0 unspecified atom stereocenters. The molecule has 2 aromatic rings. The van der Waals surface area contributed by atoms with Crippen LogP contribution in [0.4, 0.5) is 5.69 Å². The van der Waals surface area contributed by atoms with Gasteiger partial charge in [-0.2, -0.15) is 4.31 Å². The van der Waals surface area contributed by atoms with Crippen molar-refractivity contribution in [2.75, 3.05) is 25.0 Å². The van der Waals surface area contributed by atoms with Crippen molar-refractivity contribution in [1.82, 2.24) is 4.31 Å². The van der Waals surface area contributed by atoms with Crippen molar-refractivity contribution in [2.45, 2.75) is 50.8 Å². The van der Waals surface area contributed by atoms with E-state index in [2.05, 4.69) is 5.32 Å². The molecule has 1 amide bonds. The Kier molecular flexibility index (Phi) is 10.4. The van der Waals surface area contributed by atoms with Crippen molar-refractivity contribution in [3.05, 3.63) is 60.2 Å². The molecule has 7 nitrogen and oxygen atoms in total. The van der Waals surface area contributed by atoms with Gasteiger partial charge in [0.15, 0.2) is 0 Å². The third-order valence-corrected chi connectivity index (χ3v) is 7.05. The predicted octanol–water partition coefficient (Wildman–Crippen LogP) is 4.00. The summed E-state index contributed by atoms with van der Waals surface area (Å²) in [7, 11) is -3.53. The predicted molar refractivity (Wildman–Crippen MR) is 125 cm³/mol. The minimum Gasteiger partial charge on any atom is -0.466 e. The number of amides is 1. The number of benzene rings is 2. The van der Waals surface area contributed by atoms with Gasteiger partial charge in [0.05, 0.1) is 11.5 Å². The number of esters is 1. The van der Waals surface area contributed by atoms with Gasteiger partial charge in [-0.25, -0.2) is 8.42 Å². The molecule has 1 N–H and O–H groups in total. The normalized spacial score (nSPS) is 11.3. The fraction of sp³-hybridized carbons (Fsp3) is 0.417. The van der Waals surface area contributed by atoms with E-state index in [1.54, 1.807) is 26.0 Å². The minimum absolute atomic E-state index is 0.179. The summed E-state index contributed by atoms with van der Waals surface area (Å²) in [5.41, 5.74) is 1.72. The third kappa shape index (κ3) is 8.09. The van der Waals surface area contributed by atoms with E-state index >= 15 is 0 Å². The Bertz CT molecular complexity index is 956. The molecule has 2 rings (SSSR count). The number of carbonyl (C=O) groups is 2. The molecule has 0 aromatic heterocycles. The van der Waals surface area contributed by atoms with Gasteiger partial charge in [0.25, 0.3) is 0 Å². The second-order valence-corrected chi connectivity index (χ2v) is 9.26. The Morgan fingerprint density at radius 2 is 1.56 bits per heavy atom. The van der Waals surface area contributed by atoms with Gasteiger partial charge in [0, 0.05) is 31.6 Å². The summed E-state index contributed by atoms with van der Waals surface area (Å²) in [6.07, 6.45) is 2.36. The Morgan fingerprint density at radius 3 is 2.19 bits per heavy atom. The van der Waals surface area contributed by atoms with Crippen LogP contribution in [0.1, 0.15) is 45.1 Å². The third-order valence-electron chi connectivity index (χ3n) is 4.98. The number of nitrogens with one attached hydrogen (secondary N) is 1. The fourth-order valence-electron chi connectivity index (χ4n) is 3.22. The van der Waals surface area contributed by atoms with Crippen LogP contribution in [0.5, 0.6) is 0 Å². The second-order valence-electron chi connectivity index (χ2n) is 7.33. The first-order valence-corrected chi connectivity index (χ1v) is 12.4. The molecule has 0 saturated carbocycles. The molecule has 32 heavy (non-hydrogen) atoms. The van der Waals surface area contributed by atoms with Crippen LogP contribution in [0, 0.1) is 0 Å². The van der Waals surface area contributed by atoms with Crippen molar-refractivity contribution in [2.24, 2.45) is 0 Å². The molecular formula is C24H32N2O5S. The monoisotopic (exact) mass is 460 g/mol. The van der Waals surface area contributed by atoms with Gasteiger partial charge < -0.3 is 10.1 Å². The number of hydrogen-bond acceptors (Lipinski definition) is 5. The highest BCUT2D eigenvalue weighted by atomic mass is 32.2. The lowest BCUT2D eigenvalue weighted by Gasteiger charge is -2.18. The van der Waals surface area contributed by atoms with Gasteiger partial charge in [-0.3, -0.25) is 9.59 Å². The SMILES string of the molecule is CCN(CC)S(=O)(=O)c1ccc(NC(=O)CCCC(=O)OCCCc2ccccc2)cc1. The van der Waals surface area contributed by atoms with Crippen LogP contribution in [0.2, 0.25) is 0 Å². The first-order chi connectivity index (χ1) is 15.4. The van der Waals surface area contributed by atoms with Crippen LogP contribution in [0.25, 0.3) is 0 Å². The maximum Gasteiger partial charge on any atom is 0.305 e. The zero-order chi connectivity index (χ0) is 23.4. The molecular weight excluding hydrogens is 428 g/mol. The van der Waals surface area contributed by atoms with Crippen LogP contribution in [0.15, 0.2) is 59.5 Å². The van der Waals surface area contributed by atoms with Gasteiger partial charge in [-0.05, 0) is 49.1 Å². The molecule has 0 radical (unpaired) electrons. The first kappa shape index (κ1) is 25.5. The van der Waals surface area contributed by atoms with Crippen LogP contribution in [0.3, 0.4) is 0 Å². The summed E-state index contributed by atoms with van der Waals surface area (Å²) in [5.74, 6) is -0.543. The van der Waals surface area contributed by atoms with E-state index in [4.69, 9.17) is 4.74 Å². The number of carbonyl (C=O) groups excluding carboxylic acids is 2. The molecule has 0 aliphatic rings. The maximum atomic E-state index is 12.5. The van der Waals surface area contributed by atoms with Crippen LogP contribution >= 0.6 is 0 Å². The molecule has 8 heteroatoms. The molecule has 0 saturated heterocycles.